The lowest BCUT2D eigenvalue weighted by Crippen LogP contribution is -2.28. The van der Waals surface area contributed by atoms with Crippen LogP contribution in [0.2, 0.25) is 0 Å². The lowest BCUT2D eigenvalue weighted by Gasteiger charge is -2.25. The van der Waals surface area contributed by atoms with Crippen LogP contribution in [0.1, 0.15) is 120 Å². The van der Waals surface area contributed by atoms with Gasteiger partial charge in [-0.25, -0.2) is 0 Å². The van der Waals surface area contributed by atoms with E-state index < -0.39 is 0 Å². The summed E-state index contributed by atoms with van der Waals surface area (Å²) in [5.74, 6) is 0.690. The van der Waals surface area contributed by atoms with Crippen molar-refractivity contribution in [2.24, 2.45) is 5.92 Å². The van der Waals surface area contributed by atoms with Crippen LogP contribution in [0.15, 0.2) is 55.6 Å². The van der Waals surface area contributed by atoms with Crippen LogP contribution in [0.5, 0.6) is 0 Å². The van der Waals surface area contributed by atoms with E-state index >= 15 is 0 Å². The van der Waals surface area contributed by atoms with Crippen molar-refractivity contribution in [3.63, 3.8) is 0 Å². The van der Waals surface area contributed by atoms with Crippen molar-refractivity contribution in [3.05, 3.63) is 83.4 Å². The SMILES string of the molecule is C=C(CC(CCCCc1cc(C(=C)NCCCC)cc(C)c1CC)CCN(CCC)CCCC)c1ccccc1. The number of rotatable bonds is 22. The molecule has 40 heavy (non-hydrogen) atoms. The van der Waals surface area contributed by atoms with Crippen molar-refractivity contribution in [3.8, 4) is 0 Å². The molecule has 2 aromatic carbocycles. The summed E-state index contributed by atoms with van der Waals surface area (Å²) >= 11 is 0. The third-order valence-electron chi connectivity index (χ3n) is 8.38. The van der Waals surface area contributed by atoms with Gasteiger partial charge >= 0.3 is 0 Å². The van der Waals surface area contributed by atoms with Crippen molar-refractivity contribution >= 4 is 11.3 Å². The zero-order valence-corrected chi connectivity index (χ0v) is 26.8. The highest BCUT2D eigenvalue weighted by Crippen LogP contribution is 2.28. The first-order chi connectivity index (χ1) is 19.4. The third kappa shape index (κ3) is 12.0. The number of aryl methyl sites for hydroxylation is 2. The van der Waals surface area contributed by atoms with Crippen LogP contribution in [0.4, 0.5) is 0 Å². The van der Waals surface area contributed by atoms with Gasteiger partial charge in [-0.15, -0.1) is 0 Å². The van der Waals surface area contributed by atoms with E-state index in [4.69, 9.17) is 0 Å². The maximum absolute atomic E-state index is 4.51. The molecule has 0 aliphatic heterocycles. The summed E-state index contributed by atoms with van der Waals surface area (Å²) in [7, 11) is 0. The van der Waals surface area contributed by atoms with E-state index in [9.17, 15) is 0 Å². The zero-order chi connectivity index (χ0) is 29.2. The van der Waals surface area contributed by atoms with E-state index in [1.54, 1.807) is 0 Å². The summed E-state index contributed by atoms with van der Waals surface area (Å²) in [4.78, 5) is 2.70. The lowest BCUT2D eigenvalue weighted by molar-refractivity contribution is 0.244. The Morgan fingerprint density at radius 1 is 0.800 bits per heavy atom. The molecule has 2 heteroatoms. The van der Waals surface area contributed by atoms with E-state index in [0.717, 1.165) is 31.5 Å². The van der Waals surface area contributed by atoms with E-state index in [-0.39, 0.29) is 0 Å². The minimum Gasteiger partial charge on any atom is -0.385 e. The largest absolute Gasteiger partial charge is 0.385 e. The van der Waals surface area contributed by atoms with Gasteiger partial charge in [-0.2, -0.15) is 0 Å². The standard InChI is InChI=1S/C38H60N2/c1-8-12-24-39-33(7)37-29-32(6)38(11-4)36(30-37)22-18-17-19-34(23-27-40(25-10-3)26-13-9-2)28-31(5)35-20-15-14-16-21-35/h14-16,20-21,29-30,34,39H,5,7-13,17-19,22-28H2,1-4,6H3. The lowest BCUT2D eigenvalue weighted by atomic mass is 9.87. The van der Waals surface area contributed by atoms with Crippen LogP contribution in [0.3, 0.4) is 0 Å². The van der Waals surface area contributed by atoms with Gasteiger partial charge in [0, 0.05) is 12.2 Å². The number of hydrogen-bond donors (Lipinski definition) is 1. The summed E-state index contributed by atoms with van der Waals surface area (Å²) in [6.45, 7) is 25.0. The van der Waals surface area contributed by atoms with Gasteiger partial charge in [0.25, 0.3) is 0 Å². The Balaban J connectivity index is 2.04. The quantitative estimate of drug-likeness (QED) is 0.148. The first-order valence-electron chi connectivity index (χ1n) is 16.4. The van der Waals surface area contributed by atoms with Crippen molar-refractivity contribution in [2.45, 2.75) is 112 Å². The van der Waals surface area contributed by atoms with Crippen molar-refractivity contribution in [2.75, 3.05) is 26.2 Å². The third-order valence-corrected chi connectivity index (χ3v) is 8.38. The van der Waals surface area contributed by atoms with E-state index in [1.807, 2.05) is 0 Å². The second-order valence-electron chi connectivity index (χ2n) is 11.8. The molecule has 2 aromatic rings. The number of nitrogens with zero attached hydrogens (tertiary/aromatic N) is 1. The molecule has 0 fully saturated rings. The van der Waals surface area contributed by atoms with Crippen molar-refractivity contribution < 1.29 is 0 Å². The van der Waals surface area contributed by atoms with Crippen LogP contribution in [-0.4, -0.2) is 31.1 Å². The zero-order valence-electron chi connectivity index (χ0n) is 26.8. The highest BCUT2D eigenvalue weighted by molar-refractivity contribution is 5.64. The minimum absolute atomic E-state index is 0.690. The predicted molar refractivity (Wildman–Crippen MR) is 180 cm³/mol. The molecule has 1 unspecified atom stereocenters. The fourth-order valence-electron chi connectivity index (χ4n) is 5.95. The number of benzene rings is 2. The first-order valence-corrected chi connectivity index (χ1v) is 16.4. The maximum Gasteiger partial charge on any atom is 0.0340 e. The molecular weight excluding hydrogens is 484 g/mol. The van der Waals surface area contributed by atoms with Crippen LogP contribution in [-0.2, 0) is 12.8 Å². The first kappa shape index (κ1) is 33.9. The number of allylic oxidation sites excluding steroid dienone is 1. The average molecular weight is 545 g/mol. The molecule has 2 rings (SSSR count). The highest BCUT2D eigenvalue weighted by Gasteiger charge is 2.15. The van der Waals surface area contributed by atoms with E-state index in [0.29, 0.717) is 5.92 Å². The smallest absolute Gasteiger partial charge is 0.0340 e. The van der Waals surface area contributed by atoms with E-state index in [2.05, 4.69) is 100 Å². The van der Waals surface area contributed by atoms with Gasteiger partial charge in [-0.3, -0.25) is 0 Å². The summed E-state index contributed by atoms with van der Waals surface area (Å²) in [5, 5.41) is 3.54. The minimum atomic E-state index is 0.690. The molecule has 0 aliphatic carbocycles. The van der Waals surface area contributed by atoms with Gasteiger partial charge in [0.15, 0.2) is 0 Å². The average Bonchev–Trinajstić information content (AvgIpc) is 2.96. The molecule has 1 N–H and O–H groups in total. The van der Waals surface area contributed by atoms with Gasteiger partial charge in [-0.1, -0.05) is 96.9 Å². The van der Waals surface area contributed by atoms with Crippen LogP contribution in [0.25, 0.3) is 11.3 Å². The molecule has 0 bridgehead atoms. The molecule has 0 saturated heterocycles. The van der Waals surface area contributed by atoms with Gasteiger partial charge in [0.2, 0.25) is 0 Å². The number of nitrogens with one attached hydrogen (secondary N) is 1. The Bertz CT molecular complexity index is 990. The van der Waals surface area contributed by atoms with Crippen molar-refractivity contribution in [1.82, 2.24) is 10.2 Å². The van der Waals surface area contributed by atoms with Gasteiger partial charge in [0.05, 0.1) is 0 Å². The second kappa shape index (κ2) is 19.7. The fraction of sp³-hybridized carbons (Fsp3) is 0.579. The van der Waals surface area contributed by atoms with Crippen LogP contribution >= 0.6 is 0 Å². The predicted octanol–water partition coefficient (Wildman–Crippen LogP) is 10.3. The van der Waals surface area contributed by atoms with Gasteiger partial charge in [-0.05, 0) is 129 Å². The molecule has 0 heterocycles. The molecule has 0 saturated carbocycles. The summed E-state index contributed by atoms with van der Waals surface area (Å²) in [6, 6.07) is 15.6. The molecule has 1 atom stereocenters. The van der Waals surface area contributed by atoms with Gasteiger partial charge in [0.1, 0.15) is 0 Å². The summed E-state index contributed by atoms with van der Waals surface area (Å²) < 4.78 is 0. The Morgan fingerprint density at radius 2 is 1.55 bits per heavy atom. The Morgan fingerprint density at radius 3 is 2.23 bits per heavy atom. The molecule has 0 radical (unpaired) electrons. The molecule has 0 spiro atoms. The van der Waals surface area contributed by atoms with Gasteiger partial charge < -0.3 is 10.2 Å². The molecule has 0 amide bonds. The molecular formula is C38H60N2. The topological polar surface area (TPSA) is 15.3 Å². The Labute approximate surface area is 248 Å². The summed E-state index contributed by atoms with van der Waals surface area (Å²) in [5.41, 5.74) is 9.40. The van der Waals surface area contributed by atoms with Crippen molar-refractivity contribution in [1.29, 1.82) is 0 Å². The molecule has 2 nitrogen and oxygen atoms in total. The van der Waals surface area contributed by atoms with E-state index in [1.165, 1.54) is 111 Å². The maximum atomic E-state index is 4.51. The normalized spacial score (nSPS) is 12.1. The van der Waals surface area contributed by atoms with Crippen LogP contribution < -0.4 is 5.32 Å². The Hall–Kier alpha value is -2.32. The Kier molecular flexibility index (Phi) is 16.7. The molecule has 0 aliphatic rings. The summed E-state index contributed by atoms with van der Waals surface area (Å²) in [6.07, 6.45) is 14.6. The fourth-order valence-corrected chi connectivity index (χ4v) is 5.95. The number of hydrogen-bond acceptors (Lipinski definition) is 2. The second-order valence-corrected chi connectivity index (χ2v) is 11.8. The van der Waals surface area contributed by atoms with Crippen LogP contribution in [0, 0.1) is 12.8 Å². The number of unbranched alkanes of at least 4 members (excludes halogenated alkanes) is 3. The monoisotopic (exact) mass is 544 g/mol. The highest BCUT2D eigenvalue weighted by atomic mass is 15.1. The molecule has 0 aromatic heterocycles. The molecule has 222 valence electrons.